The molecule has 1 unspecified atom stereocenters. The van der Waals surface area contributed by atoms with Crippen molar-refractivity contribution in [3.05, 3.63) is 82.9 Å². The molecule has 10 heteroatoms. The Morgan fingerprint density at radius 3 is 2.43 bits per heavy atom. The normalized spacial score (nSPS) is 15.7. The molecule has 7 nitrogen and oxygen atoms in total. The number of aromatic nitrogens is 1. The van der Waals surface area contributed by atoms with Crippen LogP contribution in [0.1, 0.15) is 48.7 Å². The zero-order valence-electron chi connectivity index (χ0n) is 20.7. The standard InChI is InChI=1S/C27H28N2O5S3/c1-27(2,30)18-13-14-28-22(16-18)20-9-6-7-17-15-23(35-26(17)20)25(29-37(33,34)19-11-12-19)21-8-4-5-10-24(21)36(3,31)32/h4-10,13-16,19,25,29-30H,11-12H2,1-3H3. The van der Waals surface area contributed by atoms with Crippen molar-refractivity contribution >= 4 is 41.3 Å². The molecule has 0 amide bonds. The first-order chi connectivity index (χ1) is 17.3. The van der Waals surface area contributed by atoms with Gasteiger partial charge in [0.1, 0.15) is 0 Å². The Morgan fingerprint density at radius 1 is 1.03 bits per heavy atom. The largest absolute Gasteiger partial charge is 0.386 e. The van der Waals surface area contributed by atoms with Crippen molar-refractivity contribution in [3.63, 3.8) is 0 Å². The van der Waals surface area contributed by atoms with Crippen LogP contribution in [0.15, 0.2) is 71.8 Å². The minimum absolute atomic E-state index is 0.0933. The van der Waals surface area contributed by atoms with Gasteiger partial charge in [0.05, 0.1) is 27.5 Å². The topological polar surface area (TPSA) is 113 Å². The summed E-state index contributed by atoms with van der Waals surface area (Å²) in [4.78, 5) is 5.30. The number of sulfonamides is 1. The van der Waals surface area contributed by atoms with E-state index in [4.69, 9.17) is 0 Å². The third-order valence-corrected chi connectivity index (χ3v) is 10.8. The van der Waals surface area contributed by atoms with Crippen molar-refractivity contribution < 1.29 is 21.9 Å². The first-order valence-corrected chi connectivity index (χ1v) is 16.1. The monoisotopic (exact) mass is 556 g/mol. The van der Waals surface area contributed by atoms with Gasteiger partial charge in [0.25, 0.3) is 0 Å². The fourth-order valence-corrected chi connectivity index (χ4v) is 8.15. The molecule has 37 heavy (non-hydrogen) atoms. The first kappa shape index (κ1) is 26.0. The van der Waals surface area contributed by atoms with E-state index in [1.807, 2.05) is 30.3 Å². The number of fused-ring (bicyclic) bond motifs is 1. The molecule has 1 atom stereocenters. The van der Waals surface area contributed by atoms with Crippen LogP contribution in [0, 0.1) is 0 Å². The van der Waals surface area contributed by atoms with Gasteiger partial charge < -0.3 is 5.11 Å². The molecule has 2 aromatic carbocycles. The van der Waals surface area contributed by atoms with E-state index < -0.39 is 36.8 Å². The number of sulfone groups is 1. The van der Waals surface area contributed by atoms with Gasteiger partial charge in [0, 0.05) is 27.6 Å². The number of hydrogen-bond donors (Lipinski definition) is 2. The third-order valence-electron chi connectivity index (χ3n) is 6.46. The van der Waals surface area contributed by atoms with E-state index in [2.05, 4.69) is 9.71 Å². The number of rotatable bonds is 8. The number of nitrogens with one attached hydrogen (secondary N) is 1. The highest BCUT2D eigenvalue weighted by atomic mass is 32.2. The molecule has 194 valence electrons. The van der Waals surface area contributed by atoms with Gasteiger partial charge in [-0.2, -0.15) is 0 Å². The molecule has 2 heterocycles. The summed E-state index contributed by atoms with van der Waals surface area (Å²) in [7, 11) is -7.26. The maximum absolute atomic E-state index is 13.1. The molecule has 1 aliphatic carbocycles. The Hall–Kier alpha value is -2.63. The van der Waals surface area contributed by atoms with Crippen molar-refractivity contribution in [2.24, 2.45) is 0 Å². The van der Waals surface area contributed by atoms with Gasteiger partial charge in [0.15, 0.2) is 9.84 Å². The van der Waals surface area contributed by atoms with Crippen LogP contribution in [0.4, 0.5) is 0 Å². The molecule has 0 bridgehead atoms. The summed E-state index contributed by atoms with van der Waals surface area (Å²) in [6, 6.07) is 17.0. The van der Waals surface area contributed by atoms with Gasteiger partial charge in [-0.15, -0.1) is 11.3 Å². The van der Waals surface area contributed by atoms with E-state index in [1.165, 1.54) is 17.4 Å². The zero-order chi connectivity index (χ0) is 26.6. The van der Waals surface area contributed by atoms with Crippen LogP contribution in [0.3, 0.4) is 0 Å². The lowest BCUT2D eigenvalue weighted by molar-refractivity contribution is 0.0785. The average Bonchev–Trinajstić information content (AvgIpc) is 3.61. The lowest BCUT2D eigenvalue weighted by Gasteiger charge is -2.20. The molecule has 0 saturated heterocycles. The smallest absolute Gasteiger partial charge is 0.215 e. The summed E-state index contributed by atoms with van der Waals surface area (Å²) in [5.74, 6) is 0. The Labute approximate surface area is 221 Å². The number of hydrogen-bond acceptors (Lipinski definition) is 7. The van der Waals surface area contributed by atoms with Crippen LogP contribution < -0.4 is 4.72 Å². The highest BCUT2D eigenvalue weighted by Gasteiger charge is 2.38. The van der Waals surface area contributed by atoms with Crippen molar-refractivity contribution in [2.75, 3.05) is 6.26 Å². The van der Waals surface area contributed by atoms with Crippen molar-refractivity contribution in [3.8, 4) is 11.3 Å². The van der Waals surface area contributed by atoms with Gasteiger partial charge in [-0.3, -0.25) is 4.98 Å². The Morgan fingerprint density at radius 2 is 1.76 bits per heavy atom. The Balaban J connectivity index is 1.68. The SMILES string of the molecule is CC(C)(O)c1ccnc(-c2cccc3cc(C(NS(=O)(=O)C4CC4)c4ccccc4S(C)(=O)=O)sc23)c1. The highest BCUT2D eigenvalue weighted by molar-refractivity contribution is 7.91. The second-order valence-electron chi connectivity index (χ2n) is 9.97. The maximum atomic E-state index is 13.1. The Kier molecular flexibility index (Phi) is 6.52. The van der Waals surface area contributed by atoms with Crippen molar-refractivity contribution in [1.82, 2.24) is 9.71 Å². The summed E-state index contributed by atoms with van der Waals surface area (Å²) in [6.45, 7) is 3.43. The maximum Gasteiger partial charge on any atom is 0.215 e. The fourth-order valence-electron chi connectivity index (χ4n) is 4.36. The van der Waals surface area contributed by atoms with Crippen LogP contribution in [0.25, 0.3) is 21.3 Å². The van der Waals surface area contributed by atoms with Gasteiger partial charge in [-0.25, -0.2) is 21.6 Å². The van der Waals surface area contributed by atoms with Crippen LogP contribution in [-0.4, -0.2) is 38.4 Å². The van der Waals surface area contributed by atoms with Gasteiger partial charge in [0.2, 0.25) is 10.0 Å². The highest BCUT2D eigenvalue weighted by Crippen LogP contribution is 2.41. The number of benzene rings is 2. The minimum Gasteiger partial charge on any atom is -0.386 e. The molecular weight excluding hydrogens is 529 g/mol. The van der Waals surface area contributed by atoms with Crippen LogP contribution in [0.5, 0.6) is 0 Å². The number of aliphatic hydroxyl groups is 1. The van der Waals surface area contributed by atoms with Gasteiger partial charge in [-0.05, 0) is 67.5 Å². The molecule has 5 rings (SSSR count). The second kappa shape index (κ2) is 9.28. The van der Waals surface area contributed by atoms with Crippen LogP contribution in [-0.2, 0) is 25.5 Å². The van der Waals surface area contributed by atoms with E-state index in [0.717, 1.165) is 27.5 Å². The van der Waals surface area contributed by atoms with Crippen LogP contribution in [0.2, 0.25) is 0 Å². The summed E-state index contributed by atoms with van der Waals surface area (Å²) >= 11 is 1.40. The molecule has 2 N–H and O–H groups in total. The molecule has 0 radical (unpaired) electrons. The van der Waals surface area contributed by atoms with E-state index >= 15 is 0 Å². The van der Waals surface area contributed by atoms with Gasteiger partial charge >= 0.3 is 0 Å². The second-order valence-corrected chi connectivity index (χ2v) is 15.0. The minimum atomic E-state index is -3.64. The predicted octanol–water partition coefficient (Wildman–Crippen LogP) is 4.77. The summed E-state index contributed by atoms with van der Waals surface area (Å²) in [5, 5.41) is 10.9. The average molecular weight is 557 g/mol. The lowest BCUT2D eigenvalue weighted by Crippen LogP contribution is -2.32. The number of thiophene rings is 1. The molecule has 1 aliphatic rings. The number of pyridine rings is 1. The quantitative estimate of drug-likeness (QED) is 0.323. The van der Waals surface area contributed by atoms with Crippen molar-refractivity contribution in [2.45, 2.75) is 48.5 Å². The predicted molar refractivity (Wildman–Crippen MR) is 147 cm³/mol. The molecular formula is C27H28N2O5S3. The zero-order valence-corrected chi connectivity index (χ0v) is 23.1. The summed E-state index contributed by atoms with van der Waals surface area (Å²) in [6.07, 6.45) is 3.97. The van der Waals surface area contributed by atoms with E-state index in [1.54, 1.807) is 44.3 Å². The lowest BCUT2D eigenvalue weighted by atomic mass is 9.97. The number of nitrogens with zero attached hydrogens (tertiary/aromatic N) is 1. The Bertz CT molecular complexity index is 1700. The van der Waals surface area contributed by atoms with E-state index in [-0.39, 0.29) is 4.90 Å². The molecule has 0 spiro atoms. The molecule has 1 fully saturated rings. The summed E-state index contributed by atoms with van der Waals surface area (Å²) < 4.78 is 55.1. The molecule has 4 aromatic rings. The van der Waals surface area contributed by atoms with E-state index in [9.17, 15) is 21.9 Å². The van der Waals surface area contributed by atoms with Crippen LogP contribution >= 0.6 is 11.3 Å². The third kappa shape index (κ3) is 5.35. The fraction of sp³-hybridized carbons (Fsp3) is 0.296. The van der Waals surface area contributed by atoms with Crippen molar-refractivity contribution in [1.29, 1.82) is 0 Å². The summed E-state index contributed by atoms with van der Waals surface area (Å²) in [5.41, 5.74) is 1.62. The molecule has 1 saturated carbocycles. The van der Waals surface area contributed by atoms with Gasteiger partial charge in [-0.1, -0.05) is 36.4 Å². The molecule has 2 aromatic heterocycles. The van der Waals surface area contributed by atoms with E-state index in [0.29, 0.717) is 29.0 Å². The first-order valence-electron chi connectivity index (χ1n) is 11.9. The molecule has 0 aliphatic heterocycles.